The van der Waals surface area contributed by atoms with Crippen molar-refractivity contribution in [2.75, 3.05) is 19.8 Å². The maximum Gasteiger partial charge on any atom is 0.124 e. The maximum atomic E-state index is 5.99. The van der Waals surface area contributed by atoms with E-state index in [-0.39, 0.29) is 12.2 Å². The number of benzene rings is 1. The van der Waals surface area contributed by atoms with Gasteiger partial charge in [0.25, 0.3) is 0 Å². The normalized spacial score (nSPS) is 19.5. The highest BCUT2D eigenvalue weighted by Gasteiger charge is 2.31. The van der Waals surface area contributed by atoms with Crippen LogP contribution in [0.4, 0.5) is 0 Å². The smallest absolute Gasteiger partial charge is 0.124 e. The second-order valence-electron chi connectivity index (χ2n) is 5.22. The van der Waals surface area contributed by atoms with E-state index in [0.29, 0.717) is 19.8 Å². The van der Waals surface area contributed by atoms with E-state index >= 15 is 0 Å². The summed E-state index contributed by atoms with van der Waals surface area (Å²) in [6.45, 7) is 8.16. The van der Waals surface area contributed by atoms with E-state index < -0.39 is 0 Å². The van der Waals surface area contributed by atoms with Gasteiger partial charge in [0, 0.05) is 0 Å². The number of hydroxylamine groups is 1. The Kier molecular flexibility index (Phi) is 7.77. The molecule has 1 aromatic rings. The van der Waals surface area contributed by atoms with E-state index in [9.17, 15) is 0 Å². The maximum absolute atomic E-state index is 5.99. The molecule has 0 aromatic heterocycles. The third kappa shape index (κ3) is 5.77. The molecule has 1 heterocycles. The van der Waals surface area contributed by atoms with Crippen LogP contribution in [-0.4, -0.2) is 32.0 Å². The molecule has 0 bridgehead atoms. The zero-order chi connectivity index (χ0) is 16.3. The molecule has 0 aliphatic carbocycles. The molecule has 124 valence electrons. The monoisotopic (exact) mass is 315 g/mol. The van der Waals surface area contributed by atoms with E-state index in [4.69, 9.17) is 14.3 Å². The fraction of sp³-hybridized carbons (Fsp3) is 0.368. The van der Waals surface area contributed by atoms with Gasteiger partial charge in [-0.1, -0.05) is 61.2 Å². The highest BCUT2D eigenvalue weighted by Crippen LogP contribution is 2.18. The fourth-order valence-corrected chi connectivity index (χ4v) is 2.30. The zero-order valence-electron chi connectivity index (χ0n) is 13.6. The van der Waals surface area contributed by atoms with Crippen LogP contribution >= 0.6 is 0 Å². The number of hydrogen-bond donors (Lipinski definition) is 1. The van der Waals surface area contributed by atoms with Crippen LogP contribution in [-0.2, 0) is 20.9 Å². The van der Waals surface area contributed by atoms with Gasteiger partial charge in [-0.15, -0.1) is 0 Å². The minimum atomic E-state index is -0.0993. The summed E-state index contributed by atoms with van der Waals surface area (Å²) in [6, 6.07) is 10.1. The molecule has 1 saturated heterocycles. The van der Waals surface area contributed by atoms with Gasteiger partial charge < -0.3 is 9.47 Å². The molecular weight excluding hydrogens is 290 g/mol. The lowest BCUT2D eigenvalue weighted by molar-refractivity contribution is -0.175. The van der Waals surface area contributed by atoms with Crippen molar-refractivity contribution in [3.8, 4) is 0 Å². The van der Waals surface area contributed by atoms with Crippen molar-refractivity contribution < 1.29 is 14.3 Å². The third-order valence-electron chi connectivity index (χ3n) is 3.58. The van der Waals surface area contributed by atoms with E-state index in [1.165, 1.54) is 5.56 Å². The second-order valence-corrected chi connectivity index (χ2v) is 5.22. The first kappa shape index (κ1) is 17.6. The number of hydrogen-bond acceptors (Lipinski definition) is 4. The van der Waals surface area contributed by atoms with E-state index in [1.807, 2.05) is 43.4 Å². The van der Waals surface area contributed by atoms with Crippen molar-refractivity contribution in [3.63, 3.8) is 0 Å². The predicted octanol–water partition coefficient (Wildman–Crippen LogP) is 3.18. The second kappa shape index (κ2) is 10.1. The quantitative estimate of drug-likeness (QED) is 0.532. The highest BCUT2D eigenvalue weighted by molar-refractivity contribution is 5.26. The van der Waals surface area contributed by atoms with E-state index in [2.05, 4.69) is 24.2 Å². The molecule has 4 nitrogen and oxygen atoms in total. The van der Waals surface area contributed by atoms with Crippen LogP contribution in [0.5, 0.6) is 0 Å². The van der Waals surface area contributed by atoms with Crippen LogP contribution in [0.2, 0.25) is 0 Å². The number of nitrogens with one attached hydrogen (secondary N) is 1. The van der Waals surface area contributed by atoms with Gasteiger partial charge in [-0.05, 0) is 18.1 Å². The van der Waals surface area contributed by atoms with Gasteiger partial charge >= 0.3 is 0 Å². The molecule has 2 unspecified atom stereocenters. The Balaban J connectivity index is 1.77. The molecule has 2 atom stereocenters. The third-order valence-corrected chi connectivity index (χ3v) is 3.58. The van der Waals surface area contributed by atoms with Crippen LogP contribution in [0, 0.1) is 0 Å². The van der Waals surface area contributed by atoms with Crippen molar-refractivity contribution in [3.05, 3.63) is 72.4 Å². The lowest BCUT2D eigenvalue weighted by Gasteiger charge is -2.34. The molecule has 2 rings (SSSR count). The predicted molar refractivity (Wildman–Crippen MR) is 91.8 cm³/mol. The van der Waals surface area contributed by atoms with Gasteiger partial charge in [0.05, 0.1) is 26.4 Å². The van der Waals surface area contributed by atoms with Crippen LogP contribution in [0.15, 0.2) is 66.8 Å². The summed E-state index contributed by atoms with van der Waals surface area (Å²) in [5.41, 5.74) is 5.07. The molecule has 1 aromatic carbocycles. The first-order chi connectivity index (χ1) is 11.3. The van der Waals surface area contributed by atoms with Crippen molar-refractivity contribution >= 4 is 0 Å². The lowest BCUT2D eigenvalue weighted by Crippen LogP contribution is -2.52. The topological polar surface area (TPSA) is 39.7 Å². The number of allylic oxidation sites excluding steroid dienone is 3. The number of rotatable bonds is 10. The lowest BCUT2D eigenvalue weighted by atomic mass is 10.0. The summed E-state index contributed by atoms with van der Waals surface area (Å²) in [5, 5.41) is 0. The van der Waals surface area contributed by atoms with Crippen LogP contribution in [0.1, 0.15) is 12.5 Å². The molecule has 1 N–H and O–H groups in total. The molecule has 0 saturated carbocycles. The van der Waals surface area contributed by atoms with Crippen LogP contribution in [0.25, 0.3) is 0 Å². The summed E-state index contributed by atoms with van der Waals surface area (Å²) < 4.78 is 11.7. The largest absolute Gasteiger partial charge is 0.374 e. The van der Waals surface area contributed by atoms with E-state index in [0.717, 1.165) is 12.1 Å². The summed E-state index contributed by atoms with van der Waals surface area (Å²) in [7, 11) is 0. The van der Waals surface area contributed by atoms with Crippen LogP contribution < -0.4 is 5.48 Å². The first-order valence-electron chi connectivity index (χ1n) is 7.92. The molecule has 23 heavy (non-hydrogen) atoms. The first-order valence-corrected chi connectivity index (χ1v) is 7.92. The Labute approximate surface area is 138 Å². The Bertz CT molecular complexity index is 521. The summed E-state index contributed by atoms with van der Waals surface area (Å²) >= 11 is 0. The molecular formula is C19H25NO3. The summed E-state index contributed by atoms with van der Waals surface area (Å²) in [6.07, 6.45) is 7.64. The van der Waals surface area contributed by atoms with Crippen molar-refractivity contribution in [1.82, 2.24) is 5.48 Å². The van der Waals surface area contributed by atoms with Crippen molar-refractivity contribution in [2.24, 2.45) is 0 Å². The summed E-state index contributed by atoms with van der Waals surface area (Å²) in [5.74, 6) is 0. The zero-order valence-corrected chi connectivity index (χ0v) is 13.6. The summed E-state index contributed by atoms with van der Waals surface area (Å²) in [4.78, 5) is 5.37. The van der Waals surface area contributed by atoms with Gasteiger partial charge in [-0.2, -0.15) is 5.48 Å². The highest BCUT2D eigenvalue weighted by atomic mass is 16.7. The Morgan fingerprint density at radius 1 is 1.39 bits per heavy atom. The average molecular weight is 315 g/mol. The van der Waals surface area contributed by atoms with Crippen molar-refractivity contribution in [2.45, 2.75) is 25.7 Å². The fourth-order valence-electron chi connectivity index (χ4n) is 2.30. The van der Waals surface area contributed by atoms with Gasteiger partial charge in [-0.3, -0.25) is 4.84 Å². The van der Waals surface area contributed by atoms with Gasteiger partial charge in [0.15, 0.2) is 0 Å². The van der Waals surface area contributed by atoms with Gasteiger partial charge in [0.2, 0.25) is 0 Å². The molecule has 1 aliphatic heterocycles. The average Bonchev–Trinajstić information content (AvgIpc) is 2.54. The molecule has 0 radical (unpaired) electrons. The molecule has 1 fully saturated rings. The standard InChI is InChI=1S/C19H25NO3/c1-3-5-11-17(4-2)19(18-14-20-23-18)22-13-12-21-15-16-9-7-6-8-10-16/h3-11,18-20H,1,12-15H2,2H3/b11-5-,17-4+. The molecule has 0 amide bonds. The minimum Gasteiger partial charge on any atom is -0.374 e. The Morgan fingerprint density at radius 2 is 2.17 bits per heavy atom. The molecule has 1 aliphatic rings. The SMILES string of the molecule is C=C/C=C\C(=C/C)C(OCCOCc1ccccc1)C1CNO1. The van der Waals surface area contributed by atoms with Crippen LogP contribution in [0.3, 0.4) is 0 Å². The Hall–Kier alpha value is -1.72. The number of ether oxygens (including phenoxy) is 2. The minimum absolute atomic E-state index is 0.0322. The molecule has 0 spiro atoms. The van der Waals surface area contributed by atoms with Gasteiger partial charge in [-0.25, -0.2) is 0 Å². The van der Waals surface area contributed by atoms with Gasteiger partial charge in [0.1, 0.15) is 12.2 Å². The van der Waals surface area contributed by atoms with Crippen molar-refractivity contribution in [1.29, 1.82) is 0 Å². The van der Waals surface area contributed by atoms with E-state index in [1.54, 1.807) is 6.08 Å². The Morgan fingerprint density at radius 3 is 2.78 bits per heavy atom. The molecule has 4 heteroatoms.